The van der Waals surface area contributed by atoms with Gasteiger partial charge < -0.3 is 15.1 Å². The van der Waals surface area contributed by atoms with Crippen molar-refractivity contribution in [3.63, 3.8) is 0 Å². The molecule has 0 saturated heterocycles. The van der Waals surface area contributed by atoms with Gasteiger partial charge in [0.2, 0.25) is 11.8 Å². The normalized spacial score (nSPS) is 13.3. The maximum atomic E-state index is 13.6. The molecule has 8 nitrogen and oxygen atoms in total. The van der Waals surface area contributed by atoms with E-state index in [-0.39, 0.29) is 24.3 Å². The molecular formula is C25H21F3N4O4. The fourth-order valence-electron chi connectivity index (χ4n) is 3.60. The molecule has 0 unspecified atom stereocenters. The lowest BCUT2D eigenvalue weighted by Crippen LogP contribution is -2.25. The van der Waals surface area contributed by atoms with E-state index in [2.05, 4.69) is 15.7 Å². The van der Waals surface area contributed by atoms with Gasteiger partial charge >= 0.3 is 6.18 Å². The minimum Gasteiger partial charge on any atom is -0.459 e. The summed E-state index contributed by atoms with van der Waals surface area (Å²) in [5.74, 6) is -1.94. The Morgan fingerprint density at radius 3 is 2.44 bits per heavy atom. The maximum Gasteiger partial charge on any atom is 0.418 e. The van der Waals surface area contributed by atoms with Gasteiger partial charge in [-0.15, -0.1) is 0 Å². The highest BCUT2D eigenvalue weighted by Gasteiger charge is 2.34. The highest BCUT2D eigenvalue weighted by atomic mass is 19.4. The Labute approximate surface area is 203 Å². The summed E-state index contributed by atoms with van der Waals surface area (Å²) in [6.07, 6.45) is -3.50. The summed E-state index contributed by atoms with van der Waals surface area (Å²) < 4.78 is 45.8. The summed E-state index contributed by atoms with van der Waals surface area (Å²) >= 11 is 0. The number of rotatable bonds is 7. The number of hydrogen-bond donors (Lipinski definition) is 2. The van der Waals surface area contributed by atoms with Crippen molar-refractivity contribution in [3.05, 3.63) is 83.8 Å². The zero-order valence-corrected chi connectivity index (χ0v) is 18.8. The number of hydrazone groups is 1. The van der Waals surface area contributed by atoms with Gasteiger partial charge in [-0.05, 0) is 35.9 Å². The SMILES string of the molecule is O=C(CCC(=O)N1CCC(c2ccccc2)=N1)Nc1ccc(NC(=O)c2ccco2)cc1C(F)(F)F. The third-order valence-electron chi connectivity index (χ3n) is 5.36. The molecule has 1 aliphatic rings. The van der Waals surface area contributed by atoms with E-state index in [1.54, 1.807) is 0 Å². The number of alkyl halides is 3. The summed E-state index contributed by atoms with van der Waals surface area (Å²) in [5.41, 5.74) is -0.105. The summed E-state index contributed by atoms with van der Waals surface area (Å²) in [6.45, 7) is 0.369. The van der Waals surface area contributed by atoms with Gasteiger partial charge in [0.25, 0.3) is 5.91 Å². The zero-order chi connectivity index (χ0) is 25.7. The molecule has 3 amide bonds. The summed E-state index contributed by atoms with van der Waals surface area (Å²) in [4.78, 5) is 36.9. The third-order valence-corrected chi connectivity index (χ3v) is 5.36. The van der Waals surface area contributed by atoms with Crippen LogP contribution >= 0.6 is 0 Å². The second-order valence-electron chi connectivity index (χ2n) is 7.92. The molecular weight excluding hydrogens is 477 g/mol. The fourth-order valence-corrected chi connectivity index (χ4v) is 3.60. The molecule has 2 aromatic carbocycles. The van der Waals surface area contributed by atoms with Crippen LogP contribution in [0.25, 0.3) is 0 Å². The molecule has 3 aromatic rings. The number of halogens is 3. The smallest absolute Gasteiger partial charge is 0.418 e. The van der Waals surface area contributed by atoms with Gasteiger partial charge in [0.05, 0.1) is 29.8 Å². The second kappa shape index (κ2) is 10.5. The number of carbonyl (C=O) groups excluding carboxylic acids is 3. The molecule has 0 radical (unpaired) electrons. The van der Waals surface area contributed by atoms with Crippen molar-refractivity contribution in [2.24, 2.45) is 5.10 Å². The van der Waals surface area contributed by atoms with Crippen molar-refractivity contribution in [3.8, 4) is 0 Å². The monoisotopic (exact) mass is 498 g/mol. The first-order valence-electron chi connectivity index (χ1n) is 11.0. The topological polar surface area (TPSA) is 104 Å². The van der Waals surface area contributed by atoms with Gasteiger partial charge in [-0.3, -0.25) is 14.4 Å². The summed E-state index contributed by atoms with van der Waals surface area (Å²) in [6, 6.07) is 15.2. The number of nitrogens with zero attached hydrogens (tertiary/aromatic N) is 2. The van der Waals surface area contributed by atoms with Crippen molar-refractivity contribution >= 4 is 34.8 Å². The largest absolute Gasteiger partial charge is 0.459 e. The Kier molecular flexibility index (Phi) is 7.18. The number of furan rings is 1. The van der Waals surface area contributed by atoms with Gasteiger partial charge in [-0.1, -0.05) is 30.3 Å². The summed E-state index contributed by atoms with van der Waals surface area (Å²) in [7, 11) is 0. The van der Waals surface area contributed by atoms with E-state index in [1.165, 1.54) is 29.5 Å². The highest BCUT2D eigenvalue weighted by molar-refractivity contribution is 6.03. The Morgan fingerprint density at radius 1 is 0.972 bits per heavy atom. The van der Waals surface area contributed by atoms with E-state index in [4.69, 9.17) is 4.42 Å². The Hall–Kier alpha value is -4.41. The molecule has 0 fully saturated rings. The molecule has 0 saturated carbocycles. The number of carbonyl (C=O) groups is 3. The van der Waals surface area contributed by atoms with E-state index in [9.17, 15) is 27.6 Å². The first-order valence-corrected chi connectivity index (χ1v) is 11.0. The van der Waals surface area contributed by atoms with Crippen LogP contribution in [0.1, 0.15) is 40.9 Å². The predicted octanol–water partition coefficient (Wildman–Crippen LogP) is 4.91. The van der Waals surface area contributed by atoms with Crippen LogP contribution in [-0.2, 0) is 15.8 Å². The molecule has 1 aliphatic heterocycles. The average molecular weight is 498 g/mol. The third kappa shape index (κ3) is 5.98. The molecule has 11 heteroatoms. The molecule has 186 valence electrons. The first kappa shape index (κ1) is 24.7. The first-order chi connectivity index (χ1) is 17.2. The van der Waals surface area contributed by atoms with Crippen LogP contribution in [0, 0.1) is 0 Å². The number of anilines is 2. The lowest BCUT2D eigenvalue weighted by atomic mass is 10.1. The maximum absolute atomic E-state index is 13.6. The molecule has 4 rings (SSSR count). The lowest BCUT2D eigenvalue weighted by Gasteiger charge is -2.16. The van der Waals surface area contributed by atoms with Gasteiger partial charge in [0.15, 0.2) is 5.76 Å². The van der Waals surface area contributed by atoms with E-state index < -0.39 is 35.1 Å². The Bertz CT molecular complexity index is 1290. The van der Waals surface area contributed by atoms with E-state index in [0.29, 0.717) is 19.0 Å². The number of benzene rings is 2. The number of hydrogen-bond acceptors (Lipinski definition) is 5. The van der Waals surface area contributed by atoms with Gasteiger partial charge in [-0.2, -0.15) is 18.3 Å². The van der Waals surface area contributed by atoms with Crippen LogP contribution < -0.4 is 10.6 Å². The molecule has 0 aliphatic carbocycles. The zero-order valence-electron chi connectivity index (χ0n) is 18.8. The lowest BCUT2D eigenvalue weighted by molar-refractivity contribution is -0.137. The minimum absolute atomic E-state index is 0.0659. The molecule has 36 heavy (non-hydrogen) atoms. The number of nitrogens with one attached hydrogen (secondary N) is 2. The molecule has 0 spiro atoms. The molecule has 0 atom stereocenters. The highest BCUT2D eigenvalue weighted by Crippen LogP contribution is 2.37. The van der Waals surface area contributed by atoms with Crippen molar-refractivity contribution < 1.29 is 32.0 Å². The van der Waals surface area contributed by atoms with Gasteiger partial charge in [-0.25, -0.2) is 5.01 Å². The van der Waals surface area contributed by atoms with Crippen LogP contribution in [0.3, 0.4) is 0 Å². The van der Waals surface area contributed by atoms with Crippen molar-refractivity contribution in [1.82, 2.24) is 5.01 Å². The van der Waals surface area contributed by atoms with Gasteiger partial charge in [0.1, 0.15) is 0 Å². The van der Waals surface area contributed by atoms with E-state index in [1.807, 2.05) is 30.3 Å². The van der Waals surface area contributed by atoms with Crippen molar-refractivity contribution in [2.75, 3.05) is 17.2 Å². The van der Waals surface area contributed by atoms with Crippen LogP contribution in [0.2, 0.25) is 0 Å². The molecule has 1 aromatic heterocycles. The van der Waals surface area contributed by atoms with E-state index in [0.717, 1.165) is 17.3 Å². The van der Waals surface area contributed by atoms with E-state index >= 15 is 0 Å². The molecule has 2 heterocycles. The van der Waals surface area contributed by atoms with Crippen LogP contribution in [0.5, 0.6) is 0 Å². The number of amides is 3. The quantitative estimate of drug-likeness (QED) is 0.483. The minimum atomic E-state index is -4.80. The van der Waals surface area contributed by atoms with Crippen LogP contribution in [0.15, 0.2) is 76.4 Å². The van der Waals surface area contributed by atoms with Crippen molar-refractivity contribution in [1.29, 1.82) is 0 Å². The fraction of sp³-hybridized carbons (Fsp3) is 0.200. The molecule has 2 N–H and O–H groups in total. The van der Waals surface area contributed by atoms with Crippen molar-refractivity contribution in [2.45, 2.75) is 25.4 Å². The predicted molar refractivity (Wildman–Crippen MR) is 125 cm³/mol. The summed E-state index contributed by atoms with van der Waals surface area (Å²) in [5, 5.41) is 10.1. The van der Waals surface area contributed by atoms with Crippen LogP contribution in [0.4, 0.5) is 24.5 Å². The average Bonchev–Trinajstić information content (AvgIpc) is 3.56. The Balaban J connectivity index is 1.37. The van der Waals surface area contributed by atoms with Gasteiger partial charge in [0, 0.05) is 24.9 Å². The molecule has 0 bridgehead atoms. The Morgan fingerprint density at radius 2 is 1.75 bits per heavy atom. The standard InChI is InChI=1S/C25H21F3N4O4/c26-25(27,28)18-15-17(29-24(35)21-7-4-14-36-21)8-9-20(18)30-22(33)10-11-23(34)32-13-12-19(31-32)16-5-2-1-3-6-16/h1-9,14-15H,10-13H2,(H,29,35)(H,30,33). The van der Waals surface area contributed by atoms with Crippen LogP contribution in [-0.4, -0.2) is 35.0 Å². The second-order valence-corrected chi connectivity index (χ2v) is 7.92.